The van der Waals surface area contributed by atoms with Gasteiger partial charge in [0.15, 0.2) is 5.78 Å². The van der Waals surface area contributed by atoms with Gasteiger partial charge in [-0.15, -0.1) is 0 Å². The number of carboxylic acid groups (broad SMARTS) is 1. The second-order valence-electron chi connectivity index (χ2n) is 5.90. The molecule has 0 spiro atoms. The fourth-order valence-electron chi connectivity index (χ4n) is 3.72. The average molecular weight is 274 g/mol. The lowest BCUT2D eigenvalue weighted by Crippen LogP contribution is -2.31. The molecule has 0 heterocycles. The van der Waals surface area contributed by atoms with Crippen LogP contribution in [0.25, 0.3) is 0 Å². The molecule has 1 aromatic rings. The van der Waals surface area contributed by atoms with Crippen LogP contribution in [0.3, 0.4) is 0 Å². The Morgan fingerprint density at radius 3 is 2.55 bits per heavy atom. The van der Waals surface area contributed by atoms with Crippen molar-refractivity contribution >= 4 is 11.8 Å². The molecule has 0 aromatic heterocycles. The average Bonchev–Trinajstić information content (AvgIpc) is 2.81. The monoisotopic (exact) mass is 274 g/mol. The van der Waals surface area contributed by atoms with Crippen LogP contribution in [-0.2, 0) is 4.79 Å². The molecule has 0 bridgehead atoms. The highest BCUT2D eigenvalue weighted by molar-refractivity contribution is 5.96. The molecule has 1 aliphatic rings. The molecule has 1 saturated carbocycles. The van der Waals surface area contributed by atoms with Crippen LogP contribution >= 0.6 is 0 Å². The Morgan fingerprint density at radius 1 is 1.25 bits per heavy atom. The fraction of sp³-hybridized carbons (Fsp3) is 0.529. The quantitative estimate of drug-likeness (QED) is 0.800. The summed E-state index contributed by atoms with van der Waals surface area (Å²) in [4.78, 5) is 23.7. The number of carbonyl (C=O) groups is 2. The van der Waals surface area contributed by atoms with Gasteiger partial charge in [-0.2, -0.15) is 0 Å². The van der Waals surface area contributed by atoms with Gasteiger partial charge in [0.2, 0.25) is 0 Å². The molecule has 0 radical (unpaired) electrons. The molecule has 0 aliphatic heterocycles. The molecule has 20 heavy (non-hydrogen) atoms. The minimum absolute atomic E-state index is 0.0761. The maximum atomic E-state index is 12.5. The van der Waals surface area contributed by atoms with E-state index in [1.807, 2.05) is 30.3 Å². The van der Waals surface area contributed by atoms with Gasteiger partial charge in [0, 0.05) is 12.0 Å². The van der Waals surface area contributed by atoms with E-state index in [-0.39, 0.29) is 17.6 Å². The van der Waals surface area contributed by atoms with Crippen LogP contribution < -0.4 is 0 Å². The number of carbonyl (C=O) groups excluding carboxylic acids is 1. The van der Waals surface area contributed by atoms with E-state index >= 15 is 0 Å². The van der Waals surface area contributed by atoms with E-state index < -0.39 is 5.97 Å². The molecular formula is C17H22O3. The van der Waals surface area contributed by atoms with Crippen LogP contribution in [0.1, 0.15) is 55.8 Å². The SMILES string of the molecule is CCC1CCCC1(CC(=O)O)CC(=O)c1ccccc1. The number of hydrogen-bond acceptors (Lipinski definition) is 2. The number of Topliss-reactive ketones (excluding diaryl/α,β-unsaturated/α-hetero) is 1. The number of ketones is 1. The topological polar surface area (TPSA) is 54.4 Å². The lowest BCUT2D eigenvalue weighted by molar-refractivity contribution is -0.140. The van der Waals surface area contributed by atoms with Crippen molar-refractivity contribution in [2.75, 3.05) is 0 Å². The molecular weight excluding hydrogens is 252 g/mol. The largest absolute Gasteiger partial charge is 0.481 e. The molecule has 2 unspecified atom stereocenters. The smallest absolute Gasteiger partial charge is 0.303 e. The second kappa shape index (κ2) is 6.21. The third kappa shape index (κ3) is 3.09. The summed E-state index contributed by atoms with van der Waals surface area (Å²) in [7, 11) is 0. The zero-order chi connectivity index (χ0) is 14.6. The zero-order valence-corrected chi connectivity index (χ0v) is 12.0. The van der Waals surface area contributed by atoms with Crippen LogP contribution in [0.15, 0.2) is 30.3 Å². The Bertz CT molecular complexity index is 480. The predicted molar refractivity (Wildman–Crippen MR) is 77.7 cm³/mol. The van der Waals surface area contributed by atoms with Crippen LogP contribution in [0.5, 0.6) is 0 Å². The summed E-state index contributed by atoms with van der Waals surface area (Å²) >= 11 is 0. The van der Waals surface area contributed by atoms with Crippen molar-refractivity contribution in [2.24, 2.45) is 11.3 Å². The van der Waals surface area contributed by atoms with Gasteiger partial charge >= 0.3 is 5.97 Å². The van der Waals surface area contributed by atoms with Gasteiger partial charge in [0.25, 0.3) is 0 Å². The van der Waals surface area contributed by atoms with Gasteiger partial charge in [-0.05, 0) is 24.2 Å². The summed E-state index contributed by atoms with van der Waals surface area (Å²) in [6.07, 6.45) is 4.37. The van der Waals surface area contributed by atoms with Crippen molar-refractivity contribution in [1.29, 1.82) is 0 Å². The first kappa shape index (κ1) is 14.8. The maximum Gasteiger partial charge on any atom is 0.303 e. The van der Waals surface area contributed by atoms with Crippen LogP contribution in [0.4, 0.5) is 0 Å². The first-order valence-corrected chi connectivity index (χ1v) is 7.37. The second-order valence-corrected chi connectivity index (χ2v) is 5.90. The van der Waals surface area contributed by atoms with E-state index in [0.717, 1.165) is 25.7 Å². The van der Waals surface area contributed by atoms with Gasteiger partial charge < -0.3 is 5.11 Å². The summed E-state index contributed by atoms with van der Waals surface area (Å²) in [6, 6.07) is 9.21. The van der Waals surface area contributed by atoms with E-state index in [1.165, 1.54) is 0 Å². The predicted octanol–water partition coefficient (Wildman–Crippen LogP) is 3.93. The van der Waals surface area contributed by atoms with Crippen molar-refractivity contribution in [2.45, 2.75) is 45.4 Å². The Hall–Kier alpha value is -1.64. The van der Waals surface area contributed by atoms with E-state index in [9.17, 15) is 14.7 Å². The van der Waals surface area contributed by atoms with Crippen LogP contribution in [0.2, 0.25) is 0 Å². The standard InChI is InChI=1S/C17H22O3/c1-2-14-9-6-10-17(14,12-16(19)20)11-15(18)13-7-4-3-5-8-13/h3-5,7-8,14H,2,6,9-12H2,1H3,(H,19,20). The summed E-state index contributed by atoms with van der Waals surface area (Å²) in [5, 5.41) is 9.22. The number of benzene rings is 1. The van der Waals surface area contributed by atoms with Crippen LogP contribution in [0, 0.1) is 11.3 Å². The highest BCUT2D eigenvalue weighted by Gasteiger charge is 2.44. The minimum Gasteiger partial charge on any atom is -0.481 e. The number of carboxylic acids is 1. The molecule has 3 nitrogen and oxygen atoms in total. The molecule has 1 aliphatic carbocycles. The van der Waals surface area contributed by atoms with Gasteiger partial charge in [-0.25, -0.2) is 0 Å². The molecule has 0 amide bonds. The number of hydrogen-bond donors (Lipinski definition) is 1. The van der Waals surface area contributed by atoms with Crippen molar-refractivity contribution < 1.29 is 14.7 Å². The van der Waals surface area contributed by atoms with Crippen molar-refractivity contribution in [3.05, 3.63) is 35.9 Å². The van der Waals surface area contributed by atoms with E-state index in [0.29, 0.717) is 17.9 Å². The molecule has 1 fully saturated rings. The molecule has 0 saturated heterocycles. The van der Waals surface area contributed by atoms with E-state index in [1.54, 1.807) is 0 Å². The molecule has 3 heteroatoms. The summed E-state index contributed by atoms with van der Waals surface area (Å²) < 4.78 is 0. The molecule has 1 N–H and O–H groups in total. The van der Waals surface area contributed by atoms with Gasteiger partial charge in [0.05, 0.1) is 6.42 Å². The summed E-state index contributed by atoms with van der Waals surface area (Å²) in [5.41, 5.74) is 0.354. The molecule has 2 atom stereocenters. The highest BCUT2D eigenvalue weighted by atomic mass is 16.4. The fourth-order valence-corrected chi connectivity index (χ4v) is 3.72. The minimum atomic E-state index is -0.786. The Balaban J connectivity index is 2.20. The zero-order valence-electron chi connectivity index (χ0n) is 12.0. The Labute approximate surface area is 120 Å². The summed E-state index contributed by atoms with van der Waals surface area (Å²) in [6.45, 7) is 2.10. The third-order valence-electron chi connectivity index (χ3n) is 4.70. The first-order valence-electron chi connectivity index (χ1n) is 7.37. The molecule has 1 aromatic carbocycles. The first-order chi connectivity index (χ1) is 9.57. The molecule has 2 rings (SSSR count). The van der Waals surface area contributed by atoms with Gasteiger partial charge in [0.1, 0.15) is 0 Å². The maximum absolute atomic E-state index is 12.5. The lowest BCUT2D eigenvalue weighted by atomic mass is 9.70. The van der Waals surface area contributed by atoms with Gasteiger partial charge in [-0.3, -0.25) is 9.59 Å². The van der Waals surface area contributed by atoms with E-state index in [4.69, 9.17) is 0 Å². The van der Waals surface area contributed by atoms with Crippen molar-refractivity contribution in [3.63, 3.8) is 0 Å². The van der Waals surface area contributed by atoms with Gasteiger partial charge in [-0.1, -0.05) is 50.1 Å². The highest BCUT2D eigenvalue weighted by Crippen LogP contribution is 2.50. The van der Waals surface area contributed by atoms with E-state index in [2.05, 4.69) is 6.92 Å². The number of aliphatic carboxylic acids is 1. The Kier molecular flexibility index (Phi) is 4.58. The van der Waals surface area contributed by atoms with Crippen molar-refractivity contribution in [3.8, 4) is 0 Å². The summed E-state index contributed by atoms with van der Waals surface area (Å²) in [5.74, 6) is -0.357. The molecule has 108 valence electrons. The number of rotatable bonds is 6. The third-order valence-corrected chi connectivity index (χ3v) is 4.70. The lowest BCUT2D eigenvalue weighted by Gasteiger charge is -2.33. The normalized spacial score (nSPS) is 25.6. The Morgan fingerprint density at radius 2 is 1.95 bits per heavy atom. The van der Waals surface area contributed by atoms with Crippen molar-refractivity contribution in [1.82, 2.24) is 0 Å². The van der Waals surface area contributed by atoms with Crippen LogP contribution in [-0.4, -0.2) is 16.9 Å².